The van der Waals surface area contributed by atoms with E-state index in [0.29, 0.717) is 0 Å². The fourth-order valence-corrected chi connectivity index (χ4v) is 7.28. The minimum Gasteiger partial charge on any atom is -0.340 e. The largest absolute Gasteiger partial charge is 0.704 e. The van der Waals surface area contributed by atoms with E-state index in [4.69, 9.17) is 9.47 Å². The number of benzene rings is 2. The molecular formula is C38H58N5O2+3. The average molecular weight is 617 g/mol. The topological polar surface area (TPSA) is 34.0 Å². The second kappa shape index (κ2) is 11.2. The first kappa shape index (κ1) is 33.0. The first-order chi connectivity index (χ1) is 20.7. The second-order valence-corrected chi connectivity index (χ2v) is 16.6. The number of nitrogens with zero attached hydrogens (tertiary/aromatic N) is 5. The smallest absolute Gasteiger partial charge is 0.340 e. The molecular weight excluding hydrogens is 558 g/mol. The van der Waals surface area contributed by atoms with Gasteiger partial charge in [0.1, 0.15) is 0 Å². The van der Waals surface area contributed by atoms with E-state index in [2.05, 4.69) is 158 Å². The number of unbranched alkanes of at least 4 members (excludes halogenated alkanes) is 1. The lowest BCUT2D eigenvalue weighted by Gasteiger charge is -2.33. The highest BCUT2D eigenvalue weighted by atomic mass is 16.7. The minimum atomic E-state index is -1.06. The lowest BCUT2D eigenvalue weighted by Crippen LogP contribution is -2.61. The maximum absolute atomic E-state index is 7.16. The summed E-state index contributed by atoms with van der Waals surface area (Å²) in [7, 11) is 10.6. The Kier molecular flexibility index (Phi) is 8.20. The highest BCUT2D eigenvalue weighted by Crippen LogP contribution is 2.46. The first-order valence-corrected chi connectivity index (χ1v) is 16.6. The molecule has 1 atom stereocenters. The molecule has 45 heavy (non-hydrogen) atoms. The van der Waals surface area contributed by atoms with Crippen molar-refractivity contribution in [2.45, 2.75) is 104 Å². The molecule has 1 spiro atoms. The Morgan fingerprint density at radius 3 is 2.11 bits per heavy atom. The van der Waals surface area contributed by atoms with E-state index >= 15 is 0 Å². The SMILES string of the molecule is Cc1cc(CCCCN(C)C(N(C)C)=[N+](C)C)cc2c1OC13Oc4c(cc(C(C)(C)C)cc4C(C)(C)C)C=[N+]1C(C)(C)C[N+]3=C2. The molecule has 0 N–H and O–H groups in total. The first-order valence-electron chi connectivity index (χ1n) is 16.6. The van der Waals surface area contributed by atoms with Gasteiger partial charge in [0.2, 0.25) is 12.1 Å². The van der Waals surface area contributed by atoms with Crippen LogP contribution >= 0.6 is 0 Å². The number of ether oxygens (including phenoxy) is 2. The van der Waals surface area contributed by atoms with E-state index in [9.17, 15) is 0 Å². The van der Waals surface area contributed by atoms with Gasteiger partial charge in [-0.05, 0) is 65.8 Å². The van der Waals surface area contributed by atoms with Crippen LogP contribution in [0.3, 0.4) is 0 Å². The molecule has 0 aliphatic carbocycles. The Labute approximate surface area is 272 Å². The van der Waals surface area contributed by atoms with E-state index < -0.39 is 6.03 Å². The molecule has 3 aliphatic rings. The molecule has 2 aromatic carbocycles. The highest BCUT2D eigenvalue weighted by molar-refractivity contribution is 5.85. The number of aryl methyl sites for hydroxylation is 2. The summed E-state index contributed by atoms with van der Waals surface area (Å²) in [4.78, 5) is 4.52. The predicted octanol–water partition coefficient (Wildman–Crippen LogP) is 5.79. The van der Waals surface area contributed by atoms with Crippen molar-refractivity contribution >= 4 is 18.4 Å². The minimum absolute atomic E-state index is 0.0309. The van der Waals surface area contributed by atoms with Crippen LogP contribution in [0.5, 0.6) is 11.5 Å². The summed E-state index contributed by atoms with van der Waals surface area (Å²) in [5, 5.41) is 0. The predicted molar refractivity (Wildman–Crippen MR) is 185 cm³/mol. The molecule has 0 amide bonds. The van der Waals surface area contributed by atoms with Gasteiger partial charge in [-0.25, -0.2) is 0 Å². The zero-order chi connectivity index (χ0) is 33.3. The molecule has 7 heteroatoms. The molecule has 5 rings (SSSR count). The van der Waals surface area contributed by atoms with Crippen molar-refractivity contribution in [3.63, 3.8) is 0 Å². The summed E-state index contributed by atoms with van der Waals surface area (Å²) < 4.78 is 21.0. The maximum atomic E-state index is 7.16. The fraction of sp³-hybridized carbons (Fsp3) is 0.605. The number of fused-ring (bicyclic) bond motifs is 2. The van der Waals surface area contributed by atoms with Crippen LogP contribution < -0.4 is 9.47 Å². The lowest BCUT2D eigenvalue weighted by molar-refractivity contribution is -0.867. The number of guanidine groups is 1. The average Bonchev–Trinajstić information content (AvgIpc) is 3.11. The van der Waals surface area contributed by atoms with Gasteiger partial charge in [0, 0.05) is 19.4 Å². The molecule has 244 valence electrons. The van der Waals surface area contributed by atoms with Crippen molar-refractivity contribution in [3.05, 3.63) is 57.6 Å². The third-order valence-electron chi connectivity index (χ3n) is 9.42. The molecule has 7 nitrogen and oxygen atoms in total. The summed E-state index contributed by atoms with van der Waals surface area (Å²) in [6.07, 6.45) is 7.87. The summed E-state index contributed by atoms with van der Waals surface area (Å²) >= 11 is 0. The molecule has 1 saturated heterocycles. The number of hydrogen-bond donors (Lipinski definition) is 0. The lowest BCUT2D eigenvalue weighted by atomic mass is 9.79. The van der Waals surface area contributed by atoms with E-state index in [-0.39, 0.29) is 16.4 Å². The molecule has 1 unspecified atom stereocenters. The van der Waals surface area contributed by atoms with Gasteiger partial charge < -0.3 is 9.47 Å². The second-order valence-electron chi connectivity index (χ2n) is 16.6. The Balaban J connectivity index is 1.46. The molecule has 0 saturated carbocycles. The van der Waals surface area contributed by atoms with Crippen LogP contribution in [-0.2, 0) is 17.3 Å². The summed E-state index contributed by atoms with van der Waals surface area (Å²) in [5.74, 6) is 3.06. The van der Waals surface area contributed by atoms with Gasteiger partial charge in [0.05, 0.1) is 52.9 Å². The van der Waals surface area contributed by atoms with Gasteiger partial charge in [-0.1, -0.05) is 62.8 Å². The summed E-state index contributed by atoms with van der Waals surface area (Å²) in [6, 6.07) is 8.23. The van der Waals surface area contributed by atoms with Crippen molar-refractivity contribution in [3.8, 4) is 11.5 Å². The van der Waals surface area contributed by atoms with Crippen LogP contribution in [0, 0.1) is 6.92 Å². The van der Waals surface area contributed by atoms with Gasteiger partial charge in [-0.15, -0.1) is 0 Å². The third kappa shape index (κ3) is 5.99. The normalized spacial score (nSPS) is 19.6. The van der Waals surface area contributed by atoms with Crippen LogP contribution in [0.4, 0.5) is 0 Å². The molecule has 2 aromatic rings. The van der Waals surface area contributed by atoms with Crippen LogP contribution in [-0.4, -0.2) is 102 Å². The standard InChI is InChI=1S/C38H58N5O2/c1-26-19-27(17-15-16-18-41(14)34(39(10)11)40(12)13)20-28-23-42-25-37(8,9)43-24-29-21-30(35(2,3)4)22-31(36(5,6)7)33(29)45-38(42,43)44-32(26)28/h19-24H,15-18,25H2,1-14H3/q+3. The van der Waals surface area contributed by atoms with Crippen molar-refractivity contribution in [2.24, 2.45) is 0 Å². The van der Waals surface area contributed by atoms with Crippen LogP contribution in [0.15, 0.2) is 24.3 Å². The molecule has 3 heterocycles. The zero-order valence-electron chi connectivity index (χ0n) is 30.6. The van der Waals surface area contributed by atoms with Crippen LogP contribution in [0.25, 0.3) is 0 Å². The Bertz CT molecular complexity index is 1600. The molecule has 0 radical (unpaired) electrons. The van der Waals surface area contributed by atoms with E-state index in [1.54, 1.807) is 0 Å². The fourth-order valence-electron chi connectivity index (χ4n) is 7.28. The summed E-state index contributed by atoms with van der Waals surface area (Å²) in [5.41, 5.74) is 7.04. The monoisotopic (exact) mass is 616 g/mol. The van der Waals surface area contributed by atoms with Gasteiger partial charge in [-0.2, -0.15) is 0 Å². The Hall–Kier alpha value is -3.35. The molecule has 0 bridgehead atoms. The maximum Gasteiger partial charge on any atom is 0.704 e. The van der Waals surface area contributed by atoms with Crippen LogP contribution in [0.1, 0.15) is 102 Å². The van der Waals surface area contributed by atoms with E-state index in [0.717, 1.165) is 60.5 Å². The van der Waals surface area contributed by atoms with Crippen molar-refractivity contribution in [2.75, 3.05) is 48.3 Å². The zero-order valence-corrected chi connectivity index (χ0v) is 30.6. The van der Waals surface area contributed by atoms with Gasteiger partial charge in [0.25, 0.3) is 0 Å². The summed E-state index contributed by atoms with van der Waals surface area (Å²) in [6.45, 7) is 22.2. The molecule has 0 aromatic heterocycles. The molecule has 1 fully saturated rings. The molecule has 3 aliphatic heterocycles. The van der Waals surface area contributed by atoms with Gasteiger partial charge in [-0.3, -0.25) is 14.4 Å². The highest BCUT2D eigenvalue weighted by Gasteiger charge is 2.75. The Morgan fingerprint density at radius 2 is 1.51 bits per heavy atom. The van der Waals surface area contributed by atoms with E-state index in [1.165, 1.54) is 22.6 Å². The Morgan fingerprint density at radius 1 is 0.867 bits per heavy atom. The van der Waals surface area contributed by atoms with Crippen molar-refractivity contribution in [1.29, 1.82) is 0 Å². The number of hydrogen-bond acceptors (Lipinski definition) is 2. The van der Waals surface area contributed by atoms with Crippen molar-refractivity contribution in [1.82, 2.24) is 9.80 Å². The van der Waals surface area contributed by atoms with Gasteiger partial charge >= 0.3 is 12.0 Å². The van der Waals surface area contributed by atoms with Gasteiger partial charge in [0.15, 0.2) is 23.9 Å². The van der Waals surface area contributed by atoms with Crippen LogP contribution in [0.2, 0.25) is 0 Å². The third-order valence-corrected chi connectivity index (χ3v) is 9.42. The number of rotatable bonds is 5. The van der Waals surface area contributed by atoms with Crippen molar-refractivity contribution < 1.29 is 23.2 Å². The van der Waals surface area contributed by atoms with E-state index in [1.807, 2.05) is 0 Å². The quantitative estimate of drug-likeness (QED) is 0.185.